The van der Waals surface area contributed by atoms with Crippen molar-refractivity contribution in [1.29, 1.82) is 0 Å². The van der Waals surface area contributed by atoms with Crippen LogP contribution in [0.4, 0.5) is 4.39 Å². The number of hydroxylamine groups is 1. The van der Waals surface area contributed by atoms with Gasteiger partial charge in [-0.3, -0.25) is 14.4 Å². The Labute approximate surface area is 79.6 Å². The number of alkyl halides is 1. The summed E-state index contributed by atoms with van der Waals surface area (Å²) in [5, 5.41) is 16.9. The Kier molecular flexibility index (Phi) is 6.59. The van der Waals surface area contributed by atoms with Crippen LogP contribution in [0.1, 0.15) is 12.8 Å². The minimum atomic E-state index is -1.23. The van der Waals surface area contributed by atoms with Crippen LogP contribution in [0.2, 0.25) is 0 Å². The monoisotopic (exact) mass is 209 g/mol. The van der Waals surface area contributed by atoms with Crippen molar-refractivity contribution in [2.24, 2.45) is 0 Å². The molecule has 0 unspecified atom stereocenters. The molecule has 0 fully saturated rings. The molecule has 0 aromatic carbocycles. The quantitative estimate of drug-likeness (QED) is 0.378. The fourth-order valence-electron chi connectivity index (χ4n) is 0.699. The zero-order chi connectivity index (χ0) is 11.0. The van der Waals surface area contributed by atoms with E-state index in [1.807, 2.05) is 0 Å². The summed E-state index contributed by atoms with van der Waals surface area (Å²) in [5.41, 5.74) is 2.07. The molecule has 0 bridgehead atoms. The van der Waals surface area contributed by atoms with E-state index in [9.17, 15) is 14.0 Å². The van der Waals surface area contributed by atoms with Crippen molar-refractivity contribution in [2.75, 3.05) is 13.3 Å². The highest BCUT2D eigenvalue weighted by Crippen LogP contribution is 1.97. The van der Waals surface area contributed by atoms with Gasteiger partial charge in [0.1, 0.15) is 12.7 Å². The van der Waals surface area contributed by atoms with E-state index in [2.05, 4.69) is 10.3 Å². The maximum atomic E-state index is 11.6. The number of aliphatic carboxylic acids is 2. The van der Waals surface area contributed by atoms with Crippen molar-refractivity contribution >= 4 is 11.9 Å². The molecule has 7 heteroatoms. The normalized spacial score (nSPS) is 12.4. The molecule has 82 valence electrons. The molecule has 0 aromatic heterocycles. The van der Waals surface area contributed by atoms with E-state index >= 15 is 0 Å². The summed E-state index contributed by atoms with van der Waals surface area (Å²) in [4.78, 5) is 25.1. The highest BCUT2D eigenvalue weighted by molar-refractivity contribution is 5.74. The van der Waals surface area contributed by atoms with Gasteiger partial charge in [0.2, 0.25) is 0 Å². The first kappa shape index (κ1) is 12.8. The lowest BCUT2D eigenvalue weighted by atomic mass is 10.2. The average molecular weight is 209 g/mol. The lowest BCUT2D eigenvalue weighted by Crippen LogP contribution is -2.37. The van der Waals surface area contributed by atoms with Crippen LogP contribution in [0.3, 0.4) is 0 Å². The summed E-state index contributed by atoms with van der Waals surface area (Å²) in [5.74, 6) is -2.33. The van der Waals surface area contributed by atoms with E-state index in [0.717, 1.165) is 0 Å². The van der Waals surface area contributed by atoms with Crippen molar-refractivity contribution < 1.29 is 29.0 Å². The van der Waals surface area contributed by atoms with Gasteiger partial charge >= 0.3 is 11.9 Å². The maximum absolute atomic E-state index is 11.6. The summed E-state index contributed by atoms with van der Waals surface area (Å²) in [7, 11) is 0. The number of hydrogen-bond donors (Lipinski definition) is 3. The first-order chi connectivity index (χ1) is 6.57. The van der Waals surface area contributed by atoms with E-state index in [4.69, 9.17) is 10.2 Å². The van der Waals surface area contributed by atoms with Crippen LogP contribution >= 0.6 is 0 Å². The van der Waals surface area contributed by atoms with Crippen molar-refractivity contribution in [3.63, 3.8) is 0 Å². The maximum Gasteiger partial charge on any atom is 0.323 e. The molecule has 0 heterocycles. The molecule has 0 aliphatic heterocycles. The van der Waals surface area contributed by atoms with Gasteiger partial charge in [0.25, 0.3) is 0 Å². The Bertz CT molecular complexity index is 199. The van der Waals surface area contributed by atoms with Gasteiger partial charge in [0.15, 0.2) is 0 Å². The molecule has 0 radical (unpaired) electrons. The first-order valence-corrected chi connectivity index (χ1v) is 3.95. The largest absolute Gasteiger partial charge is 0.481 e. The zero-order valence-electron chi connectivity index (χ0n) is 7.40. The highest BCUT2D eigenvalue weighted by Gasteiger charge is 2.18. The number of rotatable bonds is 8. The van der Waals surface area contributed by atoms with Gasteiger partial charge in [-0.2, -0.15) is 5.48 Å². The zero-order valence-corrected chi connectivity index (χ0v) is 7.40. The SMILES string of the molecule is O=C(O)CC[C@H](NOCCF)C(=O)O. The Hall–Kier alpha value is -1.21. The molecule has 0 aliphatic rings. The van der Waals surface area contributed by atoms with Crippen LogP contribution in [-0.4, -0.2) is 41.5 Å². The Morgan fingerprint density at radius 1 is 1.43 bits per heavy atom. The standard InChI is InChI=1S/C7H12FNO5/c8-3-4-14-9-5(7(12)13)1-2-6(10)11/h5,9H,1-4H2,(H,10,11)(H,12,13)/t5-/m0/s1. The summed E-state index contributed by atoms with van der Waals surface area (Å²) in [6.45, 7) is -1.00. The van der Waals surface area contributed by atoms with E-state index in [-0.39, 0.29) is 19.4 Å². The Balaban J connectivity index is 3.78. The number of carboxylic acids is 2. The number of carboxylic acid groups (broad SMARTS) is 2. The third-order valence-electron chi connectivity index (χ3n) is 1.35. The van der Waals surface area contributed by atoms with Crippen molar-refractivity contribution in [2.45, 2.75) is 18.9 Å². The number of carbonyl (C=O) groups is 2. The number of nitrogens with one attached hydrogen (secondary N) is 1. The average Bonchev–Trinajstić information content (AvgIpc) is 2.10. The van der Waals surface area contributed by atoms with E-state index in [1.54, 1.807) is 0 Å². The second-order valence-corrected chi connectivity index (χ2v) is 2.48. The molecule has 3 N–H and O–H groups in total. The van der Waals surface area contributed by atoms with Crippen LogP contribution in [0, 0.1) is 0 Å². The highest BCUT2D eigenvalue weighted by atomic mass is 19.1. The fourth-order valence-corrected chi connectivity index (χ4v) is 0.699. The van der Waals surface area contributed by atoms with Crippen LogP contribution in [0.25, 0.3) is 0 Å². The Morgan fingerprint density at radius 2 is 2.07 bits per heavy atom. The van der Waals surface area contributed by atoms with Gasteiger partial charge in [-0.1, -0.05) is 0 Å². The van der Waals surface area contributed by atoms with Crippen molar-refractivity contribution in [3.05, 3.63) is 0 Å². The molecule has 0 aliphatic carbocycles. The first-order valence-electron chi connectivity index (χ1n) is 3.95. The second-order valence-electron chi connectivity index (χ2n) is 2.48. The molecule has 14 heavy (non-hydrogen) atoms. The molecule has 0 saturated carbocycles. The molecule has 0 rings (SSSR count). The van der Waals surface area contributed by atoms with E-state index < -0.39 is 24.7 Å². The molecule has 0 saturated heterocycles. The van der Waals surface area contributed by atoms with E-state index in [1.165, 1.54) is 0 Å². The Morgan fingerprint density at radius 3 is 2.50 bits per heavy atom. The number of halogens is 1. The summed E-state index contributed by atoms with van der Waals surface area (Å²) >= 11 is 0. The molecule has 0 amide bonds. The molecule has 0 aromatic rings. The topological polar surface area (TPSA) is 95.9 Å². The van der Waals surface area contributed by atoms with Crippen LogP contribution in [0.15, 0.2) is 0 Å². The second kappa shape index (κ2) is 7.22. The predicted octanol–water partition coefficient (Wildman–Crippen LogP) is -0.205. The lowest BCUT2D eigenvalue weighted by Gasteiger charge is -2.12. The molecular formula is C7H12FNO5. The lowest BCUT2D eigenvalue weighted by molar-refractivity contribution is -0.145. The fraction of sp³-hybridized carbons (Fsp3) is 0.714. The van der Waals surface area contributed by atoms with E-state index in [0.29, 0.717) is 0 Å². The molecule has 6 nitrogen and oxygen atoms in total. The number of hydrogen-bond acceptors (Lipinski definition) is 4. The summed E-state index contributed by atoms with van der Waals surface area (Å²) in [6.07, 6.45) is -0.403. The van der Waals surface area contributed by atoms with Crippen molar-refractivity contribution in [1.82, 2.24) is 5.48 Å². The summed E-state index contributed by atoms with van der Waals surface area (Å²) < 4.78 is 11.6. The van der Waals surface area contributed by atoms with Gasteiger partial charge in [-0.05, 0) is 6.42 Å². The van der Waals surface area contributed by atoms with Gasteiger partial charge in [0, 0.05) is 6.42 Å². The van der Waals surface area contributed by atoms with Gasteiger partial charge in [-0.25, -0.2) is 4.39 Å². The van der Waals surface area contributed by atoms with Gasteiger partial charge in [0.05, 0.1) is 6.61 Å². The third kappa shape index (κ3) is 6.32. The van der Waals surface area contributed by atoms with Gasteiger partial charge < -0.3 is 10.2 Å². The molecule has 0 spiro atoms. The van der Waals surface area contributed by atoms with Crippen LogP contribution < -0.4 is 5.48 Å². The molecule has 1 atom stereocenters. The predicted molar refractivity (Wildman–Crippen MR) is 43.4 cm³/mol. The third-order valence-corrected chi connectivity index (χ3v) is 1.35. The van der Waals surface area contributed by atoms with Crippen molar-refractivity contribution in [3.8, 4) is 0 Å². The molecular weight excluding hydrogens is 197 g/mol. The van der Waals surface area contributed by atoms with Crippen LogP contribution in [-0.2, 0) is 14.4 Å². The smallest absolute Gasteiger partial charge is 0.323 e. The van der Waals surface area contributed by atoms with Crippen LogP contribution in [0.5, 0.6) is 0 Å². The van der Waals surface area contributed by atoms with Gasteiger partial charge in [-0.15, -0.1) is 0 Å². The summed E-state index contributed by atoms with van der Waals surface area (Å²) in [6, 6.07) is -1.13. The minimum Gasteiger partial charge on any atom is -0.481 e. The minimum absolute atomic E-state index is 0.114.